The summed E-state index contributed by atoms with van der Waals surface area (Å²) >= 11 is 0. The van der Waals surface area contributed by atoms with Crippen molar-refractivity contribution in [1.29, 1.82) is 0 Å². The third kappa shape index (κ3) is 4.02. The van der Waals surface area contributed by atoms with E-state index in [-0.39, 0.29) is 0 Å². The van der Waals surface area contributed by atoms with E-state index >= 15 is 0 Å². The molecule has 0 bridgehead atoms. The Morgan fingerprint density at radius 2 is 2.29 bits per heavy atom. The maximum atomic E-state index is 5.71. The molecule has 4 nitrogen and oxygen atoms in total. The van der Waals surface area contributed by atoms with Crippen molar-refractivity contribution in [3.63, 3.8) is 0 Å². The smallest absolute Gasteiger partial charge is 0.232 e. The molecule has 0 N–H and O–H groups in total. The molecular formula is C17H21N3O. The Labute approximate surface area is 125 Å². The molecule has 1 aromatic carbocycles. The molecule has 110 valence electrons. The van der Waals surface area contributed by atoms with Crippen LogP contribution in [0.2, 0.25) is 0 Å². The lowest BCUT2D eigenvalue weighted by molar-refractivity contribution is 0.231. The number of aromatic nitrogens is 2. The molecule has 1 fully saturated rings. The fourth-order valence-electron chi connectivity index (χ4n) is 2.82. The molecule has 0 radical (unpaired) electrons. The standard InChI is InChI=1S/C17H21N3O/c1-14-3-2-4-15(9-14)11-20-8-5-16(12-20)13-21-17-10-18-6-7-19-17/h2-4,6-7,9-10,16H,5,8,11-13H2,1H3. The van der Waals surface area contributed by atoms with E-state index in [1.54, 1.807) is 18.6 Å². The number of rotatable bonds is 5. The minimum absolute atomic E-state index is 0.580. The third-order valence-electron chi connectivity index (χ3n) is 3.87. The Hall–Kier alpha value is -1.94. The summed E-state index contributed by atoms with van der Waals surface area (Å²) in [6.45, 7) is 6.13. The molecule has 1 unspecified atom stereocenters. The highest BCUT2D eigenvalue weighted by molar-refractivity contribution is 5.22. The van der Waals surface area contributed by atoms with Gasteiger partial charge in [-0.25, -0.2) is 4.98 Å². The van der Waals surface area contributed by atoms with E-state index in [1.165, 1.54) is 17.5 Å². The van der Waals surface area contributed by atoms with Gasteiger partial charge in [0, 0.05) is 31.4 Å². The summed E-state index contributed by atoms with van der Waals surface area (Å²) in [5.74, 6) is 1.20. The first-order valence-electron chi connectivity index (χ1n) is 7.46. The van der Waals surface area contributed by atoms with Crippen LogP contribution < -0.4 is 4.74 Å². The quantitative estimate of drug-likeness (QED) is 0.845. The van der Waals surface area contributed by atoms with Crippen molar-refractivity contribution in [2.24, 2.45) is 5.92 Å². The average Bonchev–Trinajstić information content (AvgIpc) is 2.94. The SMILES string of the molecule is Cc1cccc(CN2CCC(COc3cnccn3)C2)c1. The van der Waals surface area contributed by atoms with Crippen molar-refractivity contribution >= 4 is 0 Å². The minimum Gasteiger partial charge on any atom is -0.476 e. The van der Waals surface area contributed by atoms with Crippen LogP contribution in [0.25, 0.3) is 0 Å². The van der Waals surface area contributed by atoms with Gasteiger partial charge in [0.15, 0.2) is 0 Å². The first-order chi connectivity index (χ1) is 10.3. The maximum absolute atomic E-state index is 5.71. The highest BCUT2D eigenvalue weighted by Crippen LogP contribution is 2.20. The van der Waals surface area contributed by atoms with E-state index in [0.29, 0.717) is 11.8 Å². The fraction of sp³-hybridized carbons (Fsp3) is 0.412. The van der Waals surface area contributed by atoms with Gasteiger partial charge >= 0.3 is 0 Å². The van der Waals surface area contributed by atoms with Gasteiger partial charge in [-0.2, -0.15) is 0 Å². The van der Waals surface area contributed by atoms with Gasteiger partial charge in [0.25, 0.3) is 0 Å². The van der Waals surface area contributed by atoms with Gasteiger partial charge in [-0.1, -0.05) is 29.8 Å². The number of hydrogen-bond donors (Lipinski definition) is 0. The van der Waals surface area contributed by atoms with E-state index in [9.17, 15) is 0 Å². The van der Waals surface area contributed by atoms with Crippen LogP contribution in [-0.2, 0) is 6.54 Å². The minimum atomic E-state index is 0.580. The van der Waals surface area contributed by atoms with Crippen molar-refractivity contribution in [2.75, 3.05) is 19.7 Å². The van der Waals surface area contributed by atoms with Gasteiger partial charge in [-0.15, -0.1) is 0 Å². The predicted octanol–water partition coefficient (Wildman–Crippen LogP) is 2.69. The van der Waals surface area contributed by atoms with Crippen molar-refractivity contribution in [3.8, 4) is 5.88 Å². The van der Waals surface area contributed by atoms with Gasteiger partial charge in [0.05, 0.1) is 12.8 Å². The lowest BCUT2D eigenvalue weighted by atomic mass is 10.1. The molecule has 3 rings (SSSR count). The van der Waals surface area contributed by atoms with Crippen molar-refractivity contribution in [2.45, 2.75) is 19.9 Å². The molecule has 0 aliphatic carbocycles. The van der Waals surface area contributed by atoms with Gasteiger partial charge in [-0.05, 0) is 25.5 Å². The molecule has 2 heterocycles. The summed E-state index contributed by atoms with van der Waals surface area (Å²) in [5, 5.41) is 0. The lowest BCUT2D eigenvalue weighted by Gasteiger charge is -2.16. The molecule has 0 saturated carbocycles. The van der Waals surface area contributed by atoms with Crippen LogP contribution in [0.5, 0.6) is 5.88 Å². The Morgan fingerprint density at radius 1 is 1.33 bits per heavy atom. The van der Waals surface area contributed by atoms with E-state index in [0.717, 1.165) is 26.2 Å². The van der Waals surface area contributed by atoms with Crippen molar-refractivity contribution < 1.29 is 4.74 Å². The third-order valence-corrected chi connectivity index (χ3v) is 3.87. The summed E-state index contributed by atoms with van der Waals surface area (Å²) in [4.78, 5) is 10.6. The fourth-order valence-corrected chi connectivity index (χ4v) is 2.82. The number of hydrogen-bond acceptors (Lipinski definition) is 4. The van der Waals surface area contributed by atoms with Crippen LogP contribution in [0.15, 0.2) is 42.9 Å². The van der Waals surface area contributed by atoms with Crippen LogP contribution in [0.4, 0.5) is 0 Å². The molecule has 2 aromatic rings. The Balaban J connectivity index is 1.47. The van der Waals surface area contributed by atoms with E-state index in [4.69, 9.17) is 4.74 Å². The second-order valence-corrected chi connectivity index (χ2v) is 5.73. The Kier molecular flexibility index (Phi) is 4.46. The molecule has 0 amide bonds. The maximum Gasteiger partial charge on any atom is 0.232 e. The molecule has 1 aromatic heterocycles. The normalized spacial score (nSPS) is 18.8. The summed E-state index contributed by atoms with van der Waals surface area (Å²) in [6, 6.07) is 8.75. The molecule has 0 spiro atoms. The number of likely N-dealkylation sites (tertiary alicyclic amines) is 1. The zero-order chi connectivity index (χ0) is 14.5. The van der Waals surface area contributed by atoms with Gasteiger partial charge in [-0.3, -0.25) is 9.88 Å². The van der Waals surface area contributed by atoms with Crippen molar-refractivity contribution in [1.82, 2.24) is 14.9 Å². The van der Waals surface area contributed by atoms with Crippen LogP contribution in [0.3, 0.4) is 0 Å². The average molecular weight is 283 g/mol. The van der Waals surface area contributed by atoms with Crippen LogP contribution >= 0.6 is 0 Å². The van der Waals surface area contributed by atoms with Gasteiger partial charge in [0.2, 0.25) is 5.88 Å². The largest absolute Gasteiger partial charge is 0.476 e. The number of ether oxygens (including phenoxy) is 1. The Bertz CT molecular complexity index is 573. The molecule has 1 aliphatic heterocycles. The first kappa shape index (κ1) is 14.0. The Morgan fingerprint density at radius 3 is 3.10 bits per heavy atom. The molecule has 21 heavy (non-hydrogen) atoms. The zero-order valence-electron chi connectivity index (χ0n) is 12.4. The number of aryl methyl sites for hydroxylation is 1. The zero-order valence-corrected chi connectivity index (χ0v) is 12.4. The molecule has 1 aliphatic rings. The number of nitrogens with zero attached hydrogens (tertiary/aromatic N) is 3. The molecule has 1 saturated heterocycles. The van der Waals surface area contributed by atoms with Crippen LogP contribution in [-0.4, -0.2) is 34.6 Å². The highest BCUT2D eigenvalue weighted by atomic mass is 16.5. The van der Waals surface area contributed by atoms with E-state index in [1.807, 2.05) is 0 Å². The second kappa shape index (κ2) is 6.68. The summed E-state index contributed by atoms with van der Waals surface area (Å²) in [5.41, 5.74) is 2.72. The van der Waals surface area contributed by atoms with Crippen LogP contribution in [0.1, 0.15) is 17.5 Å². The van der Waals surface area contributed by atoms with E-state index in [2.05, 4.69) is 46.1 Å². The lowest BCUT2D eigenvalue weighted by Crippen LogP contribution is -2.22. The van der Waals surface area contributed by atoms with Gasteiger partial charge < -0.3 is 4.74 Å². The van der Waals surface area contributed by atoms with Gasteiger partial charge in [0.1, 0.15) is 0 Å². The van der Waals surface area contributed by atoms with Crippen LogP contribution in [0, 0.1) is 12.8 Å². The topological polar surface area (TPSA) is 38.2 Å². The molecule has 4 heteroatoms. The molecule has 1 atom stereocenters. The molecular weight excluding hydrogens is 262 g/mol. The summed E-state index contributed by atoms with van der Waals surface area (Å²) < 4.78 is 5.71. The monoisotopic (exact) mass is 283 g/mol. The van der Waals surface area contributed by atoms with Crippen molar-refractivity contribution in [3.05, 3.63) is 54.0 Å². The highest BCUT2D eigenvalue weighted by Gasteiger charge is 2.23. The summed E-state index contributed by atoms with van der Waals surface area (Å²) in [6.07, 6.45) is 6.17. The van der Waals surface area contributed by atoms with E-state index < -0.39 is 0 Å². The second-order valence-electron chi connectivity index (χ2n) is 5.73. The number of benzene rings is 1. The first-order valence-corrected chi connectivity index (χ1v) is 7.46. The predicted molar refractivity (Wildman–Crippen MR) is 82.1 cm³/mol. The summed E-state index contributed by atoms with van der Waals surface area (Å²) in [7, 11) is 0.